The molecule has 1 nitrogen and oxygen atoms in total. The van der Waals surface area contributed by atoms with Crippen LogP contribution in [0.5, 0.6) is 0 Å². The lowest BCUT2D eigenvalue weighted by atomic mass is 9.93. The van der Waals surface area contributed by atoms with Gasteiger partial charge < -0.3 is 0 Å². The van der Waals surface area contributed by atoms with Gasteiger partial charge in [0.15, 0.2) is 0 Å². The number of aromatic nitrogens is 1. The van der Waals surface area contributed by atoms with Gasteiger partial charge in [-0.05, 0) is 31.0 Å². The van der Waals surface area contributed by atoms with Crippen LogP contribution in [0.2, 0.25) is 0 Å². The average Bonchev–Trinajstić information content (AvgIpc) is 2.38. The summed E-state index contributed by atoms with van der Waals surface area (Å²) < 4.78 is 0. The van der Waals surface area contributed by atoms with E-state index < -0.39 is 0 Å². The molecule has 2 aromatic rings. The Hall–Kier alpha value is -1.89. The van der Waals surface area contributed by atoms with E-state index in [9.17, 15) is 0 Å². The van der Waals surface area contributed by atoms with E-state index >= 15 is 0 Å². The molecule has 1 aromatic carbocycles. The van der Waals surface area contributed by atoms with Crippen molar-refractivity contribution in [3.63, 3.8) is 0 Å². The first-order valence-electron chi connectivity index (χ1n) is 5.88. The third-order valence-electron chi connectivity index (χ3n) is 2.95. The van der Waals surface area contributed by atoms with Crippen LogP contribution in [0.15, 0.2) is 61.3 Å². The minimum atomic E-state index is 0.338. The highest BCUT2D eigenvalue weighted by Crippen LogP contribution is 2.21. The van der Waals surface area contributed by atoms with E-state index in [1.807, 2.05) is 24.4 Å². The molecule has 17 heavy (non-hydrogen) atoms. The molecule has 0 fully saturated rings. The molecule has 0 saturated heterocycles. The minimum Gasteiger partial charge on any atom is -0.261 e. The first-order chi connectivity index (χ1) is 8.29. The van der Waals surface area contributed by atoms with Gasteiger partial charge >= 0.3 is 0 Å². The number of allylic oxidation sites excluding steroid dienone is 1. The second-order valence-electron chi connectivity index (χ2n) is 4.28. The van der Waals surface area contributed by atoms with Crippen LogP contribution >= 0.6 is 0 Å². The second kappa shape index (κ2) is 5.44. The van der Waals surface area contributed by atoms with E-state index in [1.165, 1.54) is 11.1 Å². The van der Waals surface area contributed by atoms with Crippen LogP contribution in [0.25, 0.3) is 0 Å². The van der Waals surface area contributed by atoms with Crippen molar-refractivity contribution < 1.29 is 0 Å². The molecule has 0 aliphatic carbocycles. The number of nitrogens with zero attached hydrogens (tertiary/aromatic N) is 1. The summed E-state index contributed by atoms with van der Waals surface area (Å²) in [4.78, 5) is 4.36. The van der Waals surface area contributed by atoms with Gasteiger partial charge in [0.25, 0.3) is 0 Å². The third-order valence-corrected chi connectivity index (χ3v) is 2.95. The Kier molecular flexibility index (Phi) is 3.71. The van der Waals surface area contributed by atoms with Gasteiger partial charge in [0.05, 0.1) is 0 Å². The summed E-state index contributed by atoms with van der Waals surface area (Å²) in [6.45, 7) is 6.03. The zero-order valence-electron chi connectivity index (χ0n) is 10.1. The molecular formula is C16H17N. The maximum Gasteiger partial charge on any atom is 0.0412 e. The molecule has 0 N–H and O–H groups in total. The summed E-state index contributed by atoms with van der Waals surface area (Å²) in [5.41, 5.74) is 3.70. The van der Waals surface area contributed by atoms with Crippen LogP contribution in [-0.2, 0) is 6.42 Å². The topological polar surface area (TPSA) is 12.9 Å². The Morgan fingerprint density at radius 3 is 2.53 bits per heavy atom. The van der Waals surface area contributed by atoms with Gasteiger partial charge in [0, 0.05) is 17.8 Å². The quantitative estimate of drug-likeness (QED) is 0.716. The molecule has 0 spiro atoms. The van der Waals surface area contributed by atoms with Crippen molar-refractivity contribution >= 4 is 0 Å². The SMILES string of the molecule is C=C[C@H](Cc1ccccn1)c1ccc(C)cc1. The molecule has 2 rings (SSSR count). The molecule has 1 aromatic heterocycles. The van der Waals surface area contributed by atoms with Crippen molar-refractivity contribution in [2.24, 2.45) is 0 Å². The van der Waals surface area contributed by atoms with E-state index in [4.69, 9.17) is 0 Å². The third kappa shape index (κ3) is 3.04. The van der Waals surface area contributed by atoms with Gasteiger partial charge in [-0.3, -0.25) is 4.98 Å². The molecule has 0 bridgehead atoms. The van der Waals surface area contributed by atoms with Crippen LogP contribution in [0.3, 0.4) is 0 Å². The molecule has 86 valence electrons. The Morgan fingerprint density at radius 2 is 1.94 bits per heavy atom. The monoisotopic (exact) mass is 223 g/mol. The lowest BCUT2D eigenvalue weighted by molar-refractivity contribution is 0.811. The normalized spacial score (nSPS) is 12.1. The number of hydrogen-bond donors (Lipinski definition) is 0. The number of rotatable bonds is 4. The maximum absolute atomic E-state index is 4.36. The highest BCUT2D eigenvalue weighted by atomic mass is 14.7. The summed E-state index contributed by atoms with van der Waals surface area (Å²) in [6.07, 6.45) is 4.75. The number of aryl methyl sites for hydroxylation is 1. The van der Waals surface area contributed by atoms with E-state index in [0.717, 1.165) is 12.1 Å². The second-order valence-corrected chi connectivity index (χ2v) is 4.28. The molecule has 1 heterocycles. The Bertz CT molecular complexity index is 471. The Labute approximate surface area is 103 Å². The van der Waals surface area contributed by atoms with Crippen LogP contribution in [0.4, 0.5) is 0 Å². The van der Waals surface area contributed by atoms with E-state index in [1.54, 1.807) is 0 Å². The van der Waals surface area contributed by atoms with Gasteiger partial charge in [-0.25, -0.2) is 0 Å². The van der Waals surface area contributed by atoms with Crippen LogP contribution in [0.1, 0.15) is 22.7 Å². The number of pyridine rings is 1. The molecule has 0 aliphatic rings. The fourth-order valence-corrected chi connectivity index (χ4v) is 1.90. The lowest BCUT2D eigenvalue weighted by Crippen LogP contribution is -2.01. The molecule has 1 atom stereocenters. The zero-order chi connectivity index (χ0) is 12.1. The summed E-state index contributed by atoms with van der Waals surface area (Å²) in [5, 5.41) is 0. The van der Waals surface area contributed by atoms with E-state index in [-0.39, 0.29) is 0 Å². The average molecular weight is 223 g/mol. The van der Waals surface area contributed by atoms with Crippen LogP contribution in [0, 0.1) is 6.92 Å². The van der Waals surface area contributed by atoms with Gasteiger partial charge in [0.2, 0.25) is 0 Å². The van der Waals surface area contributed by atoms with Crippen molar-refractivity contribution in [2.75, 3.05) is 0 Å². The van der Waals surface area contributed by atoms with Crippen molar-refractivity contribution in [3.8, 4) is 0 Å². The van der Waals surface area contributed by atoms with E-state index in [0.29, 0.717) is 5.92 Å². The number of benzene rings is 1. The first kappa shape index (κ1) is 11.6. The predicted molar refractivity (Wildman–Crippen MR) is 72.1 cm³/mol. The van der Waals surface area contributed by atoms with Crippen molar-refractivity contribution in [3.05, 3.63) is 78.1 Å². The molecule has 1 heteroatoms. The van der Waals surface area contributed by atoms with Crippen molar-refractivity contribution in [1.82, 2.24) is 4.98 Å². The fourth-order valence-electron chi connectivity index (χ4n) is 1.90. The van der Waals surface area contributed by atoms with Gasteiger partial charge in [0.1, 0.15) is 0 Å². The summed E-state index contributed by atoms with van der Waals surface area (Å²) in [5.74, 6) is 0.338. The molecular weight excluding hydrogens is 206 g/mol. The maximum atomic E-state index is 4.36. The first-order valence-corrected chi connectivity index (χ1v) is 5.88. The van der Waals surface area contributed by atoms with E-state index in [2.05, 4.69) is 48.8 Å². The zero-order valence-corrected chi connectivity index (χ0v) is 10.1. The predicted octanol–water partition coefficient (Wildman–Crippen LogP) is 3.90. The standard InChI is InChI=1S/C16H17N/c1-3-14(12-16-6-4-5-11-17-16)15-9-7-13(2)8-10-15/h3-11,14H,1,12H2,2H3/t14-/m1/s1. The lowest BCUT2D eigenvalue weighted by Gasteiger charge is -2.12. The van der Waals surface area contributed by atoms with Gasteiger partial charge in [-0.15, -0.1) is 6.58 Å². The molecule has 0 aliphatic heterocycles. The smallest absolute Gasteiger partial charge is 0.0412 e. The summed E-state index contributed by atoms with van der Waals surface area (Å²) in [6, 6.07) is 14.7. The van der Waals surface area contributed by atoms with Crippen LogP contribution in [-0.4, -0.2) is 4.98 Å². The highest BCUT2D eigenvalue weighted by molar-refractivity contribution is 5.28. The Balaban J connectivity index is 2.17. The Morgan fingerprint density at radius 1 is 1.18 bits per heavy atom. The number of hydrogen-bond acceptors (Lipinski definition) is 1. The van der Waals surface area contributed by atoms with Gasteiger partial charge in [-0.1, -0.05) is 42.0 Å². The summed E-state index contributed by atoms with van der Waals surface area (Å²) >= 11 is 0. The fraction of sp³-hybridized carbons (Fsp3) is 0.188. The van der Waals surface area contributed by atoms with Crippen molar-refractivity contribution in [1.29, 1.82) is 0 Å². The van der Waals surface area contributed by atoms with Crippen molar-refractivity contribution in [2.45, 2.75) is 19.3 Å². The van der Waals surface area contributed by atoms with Gasteiger partial charge in [-0.2, -0.15) is 0 Å². The molecule has 0 radical (unpaired) electrons. The van der Waals surface area contributed by atoms with Crippen LogP contribution < -0.4 is 0 Å². The minimum absolute atomic E-state index is 0.338. The highest BCUT2D eigenvalue weighted by Gasteiger charge is 2.08. The molecule has 0 amide bonds. The summed E-state index contributed by atoms with van der Waals surface area (Å²) in [7, 11) is 0. The largest absolute Gasteiger partial charge is 0.261 e. The molecule has 0 unspecified atom stereocenters. The molecule has 0 saturated carbocycles.